The number of carbonyl (C=O) groups excluding carboxylic acids is 1. The molecule has 0 radical (unpaired) electrons. The lowest BCUT2D eigenvalue weighted by Gasteiger charge is -2.07. The first kappa shape index (κ1) is 17.3. The van der Waals surface area contributed by atoms with Crippen molar-refractivity contribution in [3.63, 3.8) is 0 Å². The van der Waals surface area contributed by atoms with E-state index in [1.54, 1.807) is 49.6 Å². The molecule has 0 atom stereocenters. The molecule has 0 saturated carbocycles. The maximum Gasteiger partial charge on any atom is 0.363 e. The van der Waals surface area contributed by atoms with Gasteiger partial charge in [0.2, 0.25) is 5.90 Å². The van der Waals surface area contributed by atoms with Crippen molar-refractivity contribution >= 4 is 41.1 Å². The van der Waals surface area contributed by atoms with Crippen LogP contribution in [0.2, 0.25) is 10.0 Å². The van der Waals surface area contributed by atoms with Gasteiger partial charge < -0.3 is 14.2 Å². The fourth-order valence-corrected chi connectivity index (χ4v) is 2.64. The van der Waals surface area contributed by atoms with Gasteiger partial charge in [0.25, 0.3) is 0 Å². The molecule has 128 valence electrons. The number of nitrogens with zero attached hydrogens (tertiary/aromatic N) is 1. The Morgan fingerprint density at radius 3 is 2.60 bits per heavy atom. The van der Waals surface area contributed by atoms with Crippen molar-refractivity contribution in [2.45, 2.75) is 0 Å². The number of carbonyl (C=O) groups is 1. The molecular formula is C18H13Cl2NO4. The van der Waals surface area contributed by atoms with Crippen LogP contribution >= 0.6 is 23.2 Å². The monoisotopic (exact) mass is 377 g/mol. The van der Waals surface area contributed by atoms with Crippen LogP contribution in [0.4, 0.5) is 0 Å². The second kappa shape index (κ2) is 7.17. The van der Waals surface area contributed by atoms with Gasteiger partial charge in [-0.15, -0.1) is 0 Å². The summed E-state index contributed by atoms with van der Waals surface area (Å²) >= 11 is 12.1. The van der Waals surface area contributed by atoms with Crippen LogP contribution in [0.1, 0.15) is 11.1 Å². The highest BCUT2D eigenvalue weighted by atomic mass is 35.5. The summed E-state index contributed by atoms with van der Waals surface area (Å²) in [5.41, 5.74) is 1.25. The summed E-state index contributed by atoms with van der Waals surface area (Å²) in [4.78, 5) is 16.4. The third-order valence-corrected chi connectivity index (χ3v) is 4.08. The average molecular weight is 378 g/mol. The van der Waals surface area contributed by atoms with E-state index in [0.29, 0.717) is 32.7 Å². The minimum absolute atomic E-state index is 0.108. The molecule has 0 bridgehead atoms. The Morgan fingerprint density at radius 1 is 1.08 bits per heavy atom. The Balaban J connectivity index is 2.00. The second-order valence-electron chi connectivity index (χ2n) is 5.07. The van der Waals surface area contributed by atoms with Gasteiger partial charge in [0.1, 0.15) is 11.5 Å². The summed E-state index contributed by atoms with van der Waals surface area (Å²) < 4.78 is 15.7. The van der Waals surface area contributed by atoms with Crippen LogP contribution in [0, 0.1) is 0 Å². The maximum absolute atomic E-state index is 12.1. The molecule has 3 rings (SSSR count). The Hall–Kier alpha value is -2.50. The predicted molar refractivity (Wildman–Crippen MR) is 96.6 cm³/mol. The number of cyclic esters (lactones) is 1. The number of aliphatic imine (C=N–C) groups is 1. The summed E-state index contributed by atoms with van der Waals surface area (Å²) in [5.74, 6) is 0.715. The van der Waals surface area contributed by atoms with Crippen molar-refractivity contribution in [1.82, 2.24) is 0 Å². The fraction of sp³-hybridized carbons (Fsp3) is 0.111. The Bertz CT molecular complexity index is 906. The highest BCUT2D eigenvalue weighted by Crippen LogP contribution is 2.30. The fourth-order valence-electron chi connectivity index (χ4n) is 2.27. The zero-order valence-corrected chi connectivity index (χ0v) is 14.9. The lowest BCUT2D eigenvalue weighted by molar-refractivity contribution is -0.129. The first-order valence-corrected chi connectivity index (χ1v) is 7.97. The van der Waals surface area contributed by atoms with E-state index in [1.807, 2.05) is 0 Å². The molecule has 0 aromatic heterocycles. The molecule has 0 spiro atoms. The van der Waals surface area contributed by atoms with Gasteiger partial charge in [-0.2, -0.15) is 0 Å². The third kappa shape index (κ3) is 3.62. The Morgan fingerprint density at radius 2 is 1.88 bits per heavy atom. The third-order valence-electron chi connectivity index (χ3n) is 3.51. The largest absolute Gasteiger partial charge is 0.497 e. The highest BCUT2D eigenvalue weighted by molar-refractivity contribution is 6.36. The van der Waals surface area contributed by atoms with Crippen LogP contribution in [0.5, 0.6) is 11.5 Å². The predicted octanol–water partition coefficient (Wildman–Crippen LogP) is 4.36. The Kier molecular flexibility index (Phi) is 4.97. The summed E-state index contributed by atoms with van der Waals surface area (Å²) in [6, 6.07) is 10.1. The van der Waals surface area contributed by atoms with E-state index in [4.69, 9.17) is 37.4 Å². The molecule has 5 nitrogen and oxygen atoms in total. The van der Waals surface area contributed by atoms with E-state index >= 15 is 0 Å². The minimum Gasteiger partial charge on any atom is -0.497 e. The van der Waals surface area contributed by atoms with E-state index in [1.165, 1.54) is 7.11 Å². The SMILES string of the molecule is COc1ccc(C=C2N=C(c3cc(Cl)ccc3Cl)OC2=O)c(OC)c1. The summed E-state index contributed by atoms with van der Waals surface area (Å²) in [6.07, 6.45) is 1.58. The molecule has 0 saturated heterocycles. The van der Waals surface area contributed by atoms with Crippen molar-refractivity contribution < 1.29 is 19.0 Å². The van der Waals surface area contributed by atoms with Crippen molar-refractivity contribution in [2.24, 2.45) is 4.99 Å². The molecule has 0 N–H and O–H groups in total. The van der Waals surface area contributed by atoms with Gasteiger partial charge in [0, 0.05) is 16.7 Å². The zero-order valence-electron chi connectivity index (χ0n) is 13.4. The van der Waals surface area contributed by atoms with E-state index < -0.39 is 5.97 Å². The smallest absolute Gasteiger partial charge is 0.363 e. The lowest BCUT2D eigenvalue weighted by atomic mass is 10.1. The molecule has 2 aromatic carbocycles. The lowest BCUT2D eigenvalue weighted by Crippen LogP contribution is -2.06. The van der Waals surface area contributed by atoms with Crippen LogP contribution in [-0.2, 0) is 9.53 Å². The maximum atomic E-state index is 12.1. The van der Waals surface area contributed by atoms with E-state index in [-0.39, 0.29) is 11.6 Å². The summed E-state index contributed by atoms with van der Waals surface area (Å²) in [5, 5.41) is 0.853. The minimum atomic E-state index is -0.580. The van der Waals surface area contributed by atoms with Gasteiger partial charge in [0.05, 0.1) is 24.8 Å². The molecule has 0 fully saturated rings. The molecule has 25 heavy (non-hydrogen) atoms. The van der Waals surface area contributed by atoms with Crippen LogP contribution in [-0.4, -0.2) is 26.1 Å². The van der Waals surface area contributed by atoms with E-state index in [2.05, 4.69) is 4.99 Å². The number of rotatable bonds is 4. The molecule has 0 aliphatic carbocycles. The summed E-state index contributed by atoms with van der Waals surface area (Å²) in [6.45, 7) is 0. The normalized spacial score (nSPS) is 15.1. The quantitative estimate of drug-likeness (QED) is 0.586. The van der Waals surface area contributed by atoms with E-state index in [9.17, 15) is 4.79 Å². The zero-order chi connectivity index (χ0) is 18.0. The molecule has 0 amide bonds. The number of hydrogen-bond donors (Lipinski definition) is 0. The van der Waals surface area contributed by atoms with Gasteiger partial charge in [-0.25, -0.2) is 9.79 Å². The molecule has 1 heterocycles. The van der Waals surface area contributed by atoms with Crippen LogP contribution < -0.4 is 9.47 Å². The topological polar surface area (TPSA) is 57.1 Å². The van der Waals surface area contributed by atoms with Crippen molar-refractivity contribution in [3.8, 4) is 11.5 Å². The van der Waals surface area contributed by atoms with Gasteiger partial charge in [0.15, 0.2) is 5.70 Å². The van der Waals surface area contributed by atoms with Gasteiger partial charge in [-0.3, -0.25) is 0 Å². The average Bonchev–Trinajstić information content (AvgIpc) is 2.97. The molecule has 1 aliphatic rings. The number of esters is 1. The van der Waals surface area contributed by atoms with Crippen molar-refractivity contribution in [3.05, 3.63) is 63.3 Å². The van der Waals surface area contributed by atoms with Gasteiger partial charge >= 0.3 is 5.97 Å². The standard InChI is InChI=1S/C18H13Cl2NO4/c1-23-12-5-3-10(16(9-12)24-2)7-15-18(22)25-17(21-15)13-8-11(19)4-6-14(13)20/h3-9H,1-2H3. The molecule has 0 unspecified atom stereocenters. The first-order valence-electron chi connectivity index (χ1n) is 7.22. The first-order chi connectivity index (χ1) is 12.0. The molecule has 7 heteroatoms. The van der Waals surface area contributed by atoms with Gasteiger partial charge in [-0.1, -0.05) is 23.2 Å². The van der Waals surface area contributed by atoms with Crippen molar-refractivity contribution in [2.75, 3.05) is 14.2 Å². The van der Waals surface area contributed by atoms with E-state index in [0.717, 1.165) is 0 Å². The molecule has 1 aliphatic heterocycles. The van der Waals surface area contributed by atoms with Gasteiger partial charge in [-0.05, 0) is 36.4 Å². The number of methoxy groups -OCH3 is 2. The second-order valence-corrected chi connectivity index (χ2v) is 5.91. The molecular weight excluding hydrogens is 365 g/mol. The van der Waals surface area contributed by atoms with Crippen LogP contribution in [0.3, 0.4) is 0 Å². The van der Waals surface area contributed by atoms with Crippen LogP contribution in [0.25, 0.3) is 6.08 Å². The molecule has 2 aromatic rings. The number of ether oxygens (including phenoxy) is 3. The highest BCUT2D eigenvalue weighted by Gasteiger charge is 2.26. The summed E-state index contributed by atoms with van der Waals surface area (Å²) in [7, 11) is 3.09. The number of hydrogen-bond acceptors (Lipinski definition) is 5. The van der Waals surface area contributed by atoms with Crippen LogP contribution in [0.15, 0.2) is 47.1 Å². The Labute approximate surface area is 154 Å². The number of benzene rings is 2. The van der Waals surface area contributed by atoms with Crippen molar-refractivity contribution in [1.29, 1.82) is 0 Å². The number of halogens is 2.